The molecule has 0 saturated heterocycles. The van der Waals surface area contributed by atoms with Gasteiger partial charge in [-0.05, 0) is 66.1 Å². The molecule has 0 saturated carbocycles. The zero-order valence-electron chi connectivity index (χ0n) is 43.3. The monoisotopic (exact) mass is 947 g/mol. The van der Waals surface area contributed by atoms with Crippen LogP contribution in [0.25, 0.3) is 43.1 Å². The van der Waals surface area contributed by atoms with E-state index in [1.807, 2.05) is 24.3 Å². The summed E-state index contributed by atoms with van der Waals surface area (Å²) in [6.07, 6.45) is 20.5. The Morgan fingerprint density at radius 3 is 1.04 bits per heavy atom. The third kappa shape index (κ3) is 10.5. The van der Waals surface area contributed by atoms with Gasteiger partial charge in [-0.3, -0.25) is 29.0 Å². The lowest BCUT2D eigenvalue weighted by Gasteiger charge is -2.36. The van der Waals surface area contributed by atoms with E-state index in [0.717, 1.165) is 172 Å². The minimum Gasteiger partial charge on any atom is -0.271 e. The van der Waals surface area contributed by atoms with Gasteiger partial charge in [0.05, 0.1) is 0 Å². The second-order valence-corrected chi connectivity index (χ2v) is 31.7. The van der Waals surface area contributed by atoms with Crippen LogP contribution in [0.1, 0.15) is 209 Å². The minimum absolute atomic E-state index is 0.162. The Morgan fingerprint density at radius 1 is 0.397 bits per heavy atom. The van der Waals surface area contributed by atoms with E-state index in [1.54, 1.807) is 9.80 Å². The van der Waals surface area contributed by atoms with Crippen LogP contribution >= 0.6 is 0 Å². The lowest BCUT2D eigenvalue weighted by molar-refractivity contribution is 0.0501. The van der Waals surface area contributed by atoms with Gasteiger partial charge in [0.1, 0.15) is 16.1 Å². The molecule has 0 spiro atoms. The molecule has 2 heterocycles. The van der Waals surface area contributed by atoms with Crippen LogP contribution in [0.4, 0.5) is 0 Å². The molecule has 2 aliphatic heterocycles. The van der Waals surface area contributed by atoms with Crippen LogP contribution in [0, 0.1) is 22.9 Å². The fourth-order valence-corrected chi connectivity index (χ4v) is 11.9. The van der Waals surface area contributed by atoms with Crippen LogP contribution < -0.4 is 0 Å². The zero-order valence-corrected chi connectivity index (χ0v) is 45.3. The van der Waals surface area contributed by atoms with Gasteiger partial charge < -0.3 is 0 Å². The molecule has 5 aromatic rings. The van der Waals surface area contributed by atoms with Crippen molar-refractivity contribution in [2.24, 2.45) is 0 Å². The average molecular weight is 947 g/mol. The molecule has 0 atom stereocenters. The van der Waals surface area contributed by atoms with E-state index in [0.29, 0.717) is 33.0 Å². The number of nitrogens with zero attached hydrogens (tertiary/aromatic N) is 2. The highest BCUT2D eigenvalue weighted by Gasteiger charge is 2.41. The van der Waals surface area contributed by atoms with Crippen molar-refractivity contribution in [3.8, 4) is 22.9 Å². The number of hydrogen-bond donors (Lipinski definition) is 0. The first-order valence-electron chi connectivity index (χ1n) is 26.7. The summed E-state index contributed by atoms with van der Waals surface area (Å²) >= 11 is 0. The fourth-order valence-electron chi connectivity index (χ4n) is 10.9. The molecule has 0 N–H and O–H groups in total. The van der Waals surface area contributed by atoms with E-state index >= 15 is 19.2 Å². The maximum atomic E-state index is 15.3. The average Bonchev–Trinajstić information content (AvgIpc) is 3.30. The zero-order chi connectivity index (χ0) is 48.9. The second-order valence-electron chi connectivity index (χ2n) is 22.2. The van der Waals surface area contributed by atoms with Gasteiger partial charge in [-0.1, -0.05) is 194 Å². The van der Waals surface area contributed by atoms with Gasteiger partial charge in [-0.2, -0.15) is 0 Å². The molecule has 7 rings (SSSR count). The van der Waals surface area contributed by atoms with Gasteiger partial charge in [0.25, 0.3) is 23.6 Å². The summed E-state index contributed by atoms with van der Waals surface area (Å²) in [5.41, 5.74) is 10.9. The smallest absolute Gasteiger partial charge is 0.261 e. The molecule has 0 aromatic heterocycles. The molecule has 360 valence electrons. The van der Waals surface area contributed by atoms with Crippen molar-refractivity contribution < 1.29 is 19.2 Å². The summed E-state index contributed by atoms with van der Waals surface area (Å²) in [7, 11) is -3.90. The van der Waals surface area contributed by atoms with Gasteiger partial charge >= 0.3 is 0 Å². The molecule has 0 aliphatic carbocycles. The van der Waals surface area contributed by atoms with Crippen LogP contribution in [-0.4, -0.2) is 61.7 Å². The number of fused-ring (bicyclic) bond motifs is 2. The lowest BCUT2D eigenvalue weighted by atomic mass is 9.79. The molecule has 0 bridgehead atoms. The van der Waals surface area contributed by atoms with E-state index in [9.17, 15) is 0 Å². The molecule has 0 fully saturated rings. The molecule has 0 unspecified atom stereocenters. The maximum Gasteiger partial charge on any atom is 0.261 e. The van der Waals surface area contributed by atoms with Gasteiger partial charge in [-0.25, -0.2) is 0 Å². The Hall–Kier alpha value is -4.77. The molecular formula is C60H78N2O4Si2. The van der Waals surface area contributed by atoms with Crippen LogP contribution in [0.2, 0.25) is 39.3 Å². The summed E-state index contributed by atoms with van der Waals surface area (Å²) in [6, 6.07) is 11.5. The topological polar surface area (TPSA) is 74.8 Å². The first-order valence-corrected chi connectivity index (χ1v) is 33.7. The van der Waals surface area contributed by atoms with Crippen molar-refractivity contribution in [1.82, 2.24) is 9.80 Å². The normalized spacial score (nSPS) is 14.1. The number of carbonyl (C=O) groups is 4. The minimum atomic E-state index is -1.95. The number of rotatable bonds is 22. The van der Waals surface area contributed by atoms with E-state index in [2.05, 4.69) is 102 Å². The predicted molar refractivity (Wildman–Crippen MR) is 292 cm³/mol. The number of hydrogen-bond acceptors (Lipinski definition) is 4. The standard InChI is InChI=1S/C60H78N2O4Si2/c1-11-15-19-23-27-43(28-24-20-16-12-2)61-57(63)47-33-31-45-51-41(35-37-67(5,6)7)39-49-55-50(60(66)62(59(49)65)44(29-25-21-17-13-3)30-26-22-18-14-4)40-42(36-38-68(8,9)10)52(56(51)55)46-32-34-48(58(61)64)54(47)53(45)46/h31-34,39-40,43-44H,11-30H2,1-10H3. The third-order valence-electron chi connectivity index (χ3n) is 14.3. The predicted octanol–water partition coefficient (Wildman–Crippen LogP) is 16.0. The maximum absolute atomic E-state index is 15.3. The highest BCUT2D eigenvalue weighted by Crippen LogP contribution is 2.49. The highest BCUT2D eigenvalue weighted by molar-refractivity contribution is 6.84. The van der Waals surface area contributed by atoms with Crippen molar-refractivity contribution in [3.63, 3.8) is 0 Å². The summed E-state index contributed by atoms with van der Waals surface area (Å²) in [5, 5.41) is 6.48. The van der Waals surface area contributed by atoms with Crippen LogP contribution in [-0.2, 0) is 0 Å². The number of imide groups is 2. The first-order chi connectivity index (χ1) is 32.6. The van der Waals surface area contributed by atoms with E-state index in [-0.39, 0.29) is 35.7 Å². The molecular weight excluding hydrogens is 869 g/mol. The molecule has 2 aliphatic rings. The second kappa shape index (κ2) is 21.9. The van der Waals surface area contributed by atoms with Crippen LogP contribution in [0.3, 0.4) is 0 Å². The van der Waals surface area contributed by atoms with Crippen molar-refractivity contribution >= 4 is 82.9 Å². The van der Waals surface area contributed by atoms with Gasteiger partial charge in [0.15, 0.2) is 0 Å². The third-order valence-corrected chi connectivity index (χ3v) is 16.1. The number of benzene rings is 5. The fraction of sp³-hybridized carbons (Fsp3) is 0.533. The first kappa shape index (κ1) is 51.1. The van der Waals surface area contributed by atoms with Crippen molar-refractivity contribution in [2.45, 2.75) is 207 Å². The Kier molecular flexibility index (Phi) is 16.5. The van der Waals surface area contributed by atoms with Crippen molar-refractivity contribution in [3.05, 3.63) is 69.8 Å². The Morgan fingerprint density at radius 2 is 0.721 bits per heavy atom. The van der Waals surface area contributed by atoms with Gasteiger partial charge in [0, 0.05) is 72.4 Å². The molecule has 68 heavy (non-hydrogen) atoms. The van der Waals surface area contributed by atoms with E-state index in [4.69, 9.17) is 0 Å². The number of carbonyl (C=O) groups excluding carboxylic acids is 4. The highest BCUT2D eigenvalue weighted by atomic mass is 28.3. The Labute approximate surface area is 410 Å². The molecule has 8 heteroatoms. The van der Waals surface area contributed by atoms with Crippen molar-refractivity contribution in [2.75, 3.05) is 0 Å². The number of amides is 4. The van der Waals surface area contributed by atoms with Crippen LogP contribution in [0.5, 0.6) is 0 Å². The summed E-state index contributed by atoms with van der Waals surface area (Å²) < 4.78 is 0. The van der Waals surface area contributed by atoms with E-state index in [1.165, 1.54) is 0 Å². The van der Waals surface area contributed by atoms with Crippen LogP contribution in [0.15, 0.2) is 36.4 Å². The Bertz CT molecular complexity index is 2660. The molecule has 5 aromatic carbocycles. The summed E-state index contributed by atoms with van der Waals surface area (Å²) in [4.78, 5) is 64.0. The van der Waals surface area contributed by atoms with Gasteiger partial charge in [0.2, 0.25) is 0 Å². The summed E-state index contributed by atoms with van der Waals surface area (Å²) in [6.45, 7) is 22.2. The quantitative estimate of drug-likeness (QED) is 0.0173. The Balaban J connectivity index is 1.52. The molecule has 6 nitrogen and oxygen atoms in total. The molecule has 0 radical (unpaired) electrons. The lowest BCUT2D eigenvalue weighted by Crippen LogP contribution is -2.47. The van der Waals surface area contributed by atoms with Crippen molar-refractivity contribution in [1.29, 1.82) is 0 Å². The molecule has 4 amide bonds. The SMILES string of the molecule is CCCCCCC(CCCCCC)N1C(=O)c2ccc3c4c(C#C[Si](C)(C)C)cc5c6c(cc(C#C[Si](C)(C)C)c(c7ccc(c2c37)C1=O)c64)C(=O)N(C(CCCCCC)CCCCCC)C5=O. The van der Waals surface area contributed by atoms with Gasteiger partial charge in [-0.15, -0.1) is 11.1 Å². The summed E-state index contributed by atoms with van der Waals surface area (Å²) in [5.74, 6) is 6.37. The largest absolute Gasteiger partial charge is 0.271 e. The number of unbranched alkanes of at least 4 members (excludes halogenated alkanes) is 12. The van der Waals surface area contributed by atoms with E-state index < -0.39 is 16.1 Å².